The largest absolute Gasteiger partial charge is 0.390 e. The van der Waals surface area contributed by atoms with Crippen molar-refractivity contribution in [1.29, 1.82) is 0 Å². The van der Waals surface area contributed by atoms with Crippen LogP contribution < -0.4 is 0 Å². The molecule has 29 heavy (non-hydrogen) atoms. The minimum atomic E-state index is -0.415. The number of hydrogen-bond acceptors (Lipinski definition) is 2. The van der Waals surface area contributed by atoms with Gasteiger partial charge in [0, 0.05) is 36.3 Å². The van der Waals surface area contributed by atoms with Crippen molar-refractivity contribution in [3.63, 3.8) is 0 Å². The fourth-order valence-electron chi connectivity index (χ4n) is 3.94. The van der Waals surface area contributed by atoms with Gasteiger partial charge in [-0.15, -0.1) is 0 Å². The number of hydrogen-bond donors (Lipinski definition) is 1. The highest BCUT2D eigenvalue weighted by Crippen LogP contribution is 2.37. The van der Waals surface area contributed by atoms with E-state index in [1.807, 2.05) is 0 Å². The van der Waals surface area contributed by atoms with E-state index in [0.717, 1.165) is 37.5 Å². The maximum Gasteiger partial charge on any atom is 0.0845 e. The average Bonchev–Trinajstić information content (AvgIpc) is 2.96. The molecule has 1 heterocycles. The van der Waals surface area contributed by atoms with Gasteiger partial charge in [0.2, 0.25) is 0 Å². The van der Waals surface area contributed by atoms with Gasteiger partial charge in [0.1, 0.15) is 0 Å². The molecule has 158 valence electrons. The normalized spacial score (nSPS) is 13.1. The second kappa shape index (κ2) is 10.8. The lowest BCUT2D eigenvalue weighted by Gasteiger charge is -2.25. The summed E-state index contributed by atoms with van der Waals surface area (Å²) in [5.74, 6) is 0. The van der Waals surface area contributed by atoms with Crippen molar-refractivity contribution in [1.82, 2.24) is 9.47 Å². The van der Waals surface area contributed by atoms with Crippen molar-refractivity contribution in [2.75, 3.05) is 19.6 Å². The number of rotatable bonds is 10. The number of nitrogens with zero attached hydrogens (tertiary/aromatic N) is 2. The van der Waals surface area contributed by atoms with Crippen LogP contribution >= 0.6 is 47.8 Å². The van der Waals surface area contributed by atoms with Gasteiger partial charge >= 0.3 is 0 Å². The number of halogens is 3. The fraction of sp³-hybridized carbons (Fsp3) is 0.478. The molecule has 0 unspecified atom stereocenters. The lowest BCUT2D eigenvalue weighted by molar-refractivity contribution is 0.0982. The van der Waals surface area contributed by atoms with Gasteiger partial charge in [-0.2, -0.15) is 0 Å². The van der Waals surface area contributed by atoms with Gasteiger partial charge in [-0.25, -0.2) is 0 Å². The summed E-state index contributed by atoms with van der Waals surface area (Å²) in [5, 5.41) is 13.4. The molecular weight excluding hydrogens is 560 g/mol. The Balaban J connectivity index is 1.93. The van der Waals surface area contributed by atoms with E-state index in [2.05, 4.69) is 101 Å². The first-order valence-electron chi connectivity index (χ1n) is 10.4. The molecule has 0 saturated carbocycles. The van der Waals surface area contributed by atoms with Crippen LogP contribution in [-0.4, -0.2) is 40.3 Å². The van der Waals surface area contributed by atoms with Gasteiger partial charge in [0.15, 0.2) is 0 Å². The monoisotopic (exact) mass is 586 g/mol. The fourth-order valence-corrected chi connectivity index (χ4v) is 5.74. The van der Waals surface area contributed by atoms with Gasteiger partial charge in [0.25, 0.3) is 0 Å². The summed E-state index contributed by atoms with van der Waals surface area (Å²) in [5.41, 5.74) is 2.28. The molecule has 3 rings (SSSR count). The Labute approximate surface area is 198 Å². The summed E-state index contributed by atoms with van der Waals surface area (Å²) in [7, 11) is 0. The Kier molecular flexibility index (Phi) is 8.63. The SMILES string of the molecule is CCCCN(CCCC)C[C@H](O)Cn1c2ccc(Br)cc2c2cc(Br)cc(Br)c21. The van der Waals surface area contributed by atoms with Crippen LogP contribution in [0.25, 0.3) is 21.8 Å². The number of benzene rings is 2. The summed E-state index contributed by atoms with van der Waals surface area (Å²) in [6.07, 6.45) is 4.31. The molecule has 0 aliphatic carbocycles. The molecule has 0 fully saturated rings. The Morgan fingerprint density at radius 1 is 0.931 bits per heavy atom. The summed E-state index contributed by atoms with van der Waals surface area (Å²) in [4.78, 5) is 2.42. The Bertz CT molecular complexity index is 962. The molecule has 3 aromatic rings. The van der Waals surface area contributed by atoms with E-state index in [9.17, 15) is 5.11 Å². The molecule has 1 N–H and O–H groups in total. The van der Waals surface area contributed by atoms with Crippen LogP contribution in [0.5, 0.6) is 0 Å². The van der Waals surface area contributed by atoms with Crippen LogP contribution in [0.15, 0.2) is 43.7 Å². The summed E-state index contributed by atoms with van der Waals surface area (Å²) in [6, 6.07) is 10.6. The second-order valence-electron chi connectivity index (χ2n) is 7.72. The zero-order chi connectivity index (χ0) is 21.0. The third kappa shape index (κ3) is 5.65. The molecule has 0 saturated heterocycles. The minimum Gasteiger partial charge on any atom is -0.390 e. The topological polar surface area (TPSA) is 28.4 Å². The molecule has 2 aromatic carbocycles. The van der Waals surface area contributed by atoms with Crippen molar-refractivity contribution in [3.8, 4) is 0 Å². The molecular formula is C23H29Br3N2O. The first-order valence-corrected chi connectivity index (χ1v) is 12.8. The smallest absolute Gasteiger partial charge is 0.0845 e. The highest BCUT2D eigenvalue weighted by Gasteiger charge is 2.18. The van der Waals surface area contributed by atoms with Crippen LogP contribution in [-0.2, 0) is 6.54 Å². The van der Waals surface area contributed by atoms with E-state index >= 15 is 0 Å². The van der Waals surface area contributed by atoms with E-state index in [1.165, 1.54) is 36.5 Å². The number of fused-ring (bicyclic) bond motifs is 3. The van der Waals surface area contributed by atoms with Crippen LogP contribution in [0, 0.1) is 0 Å². The second-order valence-corrected chi connectivity index (χ2v) is 10.4. The van der Waals surface area contributed by atoms with Crippen molar-refractivity contribution >= 4 is 69.6 Å². The quantitative estimate of drug-likeness (QED) is 0.268. The van der Waals surface area contributed by atoms with Crippen LogP contribution in [0.1, 0.15) is 39.5 Å². The van der Waals surface area contributed by atoms with Gasteiger partial charge < -0.3 is 14.6 Å². The first kappa shape index (κ1) is 23.3. The number of unbranched alkanes of at least 4 members (excludes halogenated alkanes) is 2. The molecule has 1 aromatic heterocycles. The number of aromatic nitrogens is 1. The van der Waals surface area contributed by atoms with Crippen LogP contribution in [0.3, 0.4) is 0 Å². The zero-order valence-electron chi connectivity index (χ0n) is 17.1. The minimum absolute atomic E-state index is 0.415. The molecule has 0 aliphatic heterocycles. The molecule has 0 aliphatic rings. The predicted octanol–water partition coefficient (Wildman–Crippen LogP) is 7.35. The van der Waals surface area contributed by atoms with Crippen molar-refractivity contribution in [3.05, 3.63) is 43.7 Å². The summed E-state index contributed by atoms with van der Waals surface area (Å²) < 4.78 is 5.40. The van der Waals surface area contributed by atoms with E-state index in [0.29, 0.717) is 13.1 Å². The highest BCUT2D eigenvalue weighted by molar-refractivity contribution is 9.11. The maximum absolute atomic E-state index is 11.0. The first-order chi connectivity index (χ1) is 13.9. The third-order valence-electron chi connectivity index (χ3n) is 5.36. The Morgan fingerprint density at radius 3 is 2.24 bits per heavy atom. The standard InChI is InChI=1S/C23H29Br3N2O/c1-3-5-9-27(10-6-4-2)14-18(29)15-28-22-8-7-16(24)11-19(22)20-12-17(25)13-21(26)23(20)28/h7-8,11-13,18,29H,3-6,9-10,14-15H2,1-2H3/t18-/m0/s1. The van der Waals surface area contributed by atoms with E-state index in [1.54, 1.807) is 0 Å². The van der Waals surface area contributed by atoms with E-state index in [-0.39, 0.29) is 0 Å². The van der Waals surface area contributed by atoms with Crippen molar-refractivity contribution in [2.45, 2.75) is 52.2 Å². The number of aliphatic hydroxyl groups excluding tert-OH is 1. The Hall–Kier alpha value is -0.400. The molecule has 1 atom stereocenters. The van der Waals surface area contributed by atoms with Crippen molar-refractivity contribution < 1.29 is 5.11 Å². The van der Waals surface area contributed by atoms with Gasteiger partial charge in [-0.3, -0.25) is 0 Å². The van der Waals surface area contributed by atoms with Crippen molar-refractivity contribution in [2.24, 2.45) is 0 Å². The summed E-state index contributed by atoms with van der Waals surface area (Å²) >= 11 is 11.0. The van der Waals surface area contributed by atoms with Gasteiger partial charge in [0.05, 0.1) is 18.2 Å². The average molecular weight is 589 g/mol. The van der Waals surface area contributed by atoms with Crippen LogP contribution in [0.2, 0.25) is 0 Å². The summed E-state index contributed by atoms with van der Waals surface area (Å²) in [6.45, 7) is 7.86. The highest BCUT2D eigenvalue weighted by atomic mass is 79.9. The van der Waals surface area contributed by atoms with E-state index in [4.69, 9.17) is 0 Å². The molecule has 0 amide bonds. The third-order valence-corrected chi connectivity index (χ3v) is 6.91. The molecule has 0 spiro atoms. The lowest BCUT2D eigenvalue weighted by Crippen LogP contribution is -2.36. The Morgan fingerprint density at radius 2 is 1.59 bits per heavy atom. The molecule has 0 radical (unpaired) electrons. The maximum atomic E-state index is 11.0. The van der Waals surface area contributed by atoms with E-state index < -0.39 is 6.10 Å². The molecule has 0 bridgehead atoms. The predicted molar refractivity (Wildman–Crippen MR) is 135 cm³/mol. The zero-order valence-corrected chi connectivity index (χ0v) is 21.9. The molecule has 6 heteroatoms. The molecule has 3 nitrogen and oxygen atoms in total. The van der Waals surface area contributed by atoms with Crippen LogP contribution in [0.4, 0.5) is 0 Å². The number of aliphatic hydroxyl groups is 1. The lowest BCUT2D eigenvalue weighted by atomic mass is 10.2. The van der Waals surface area contributed by atoms with Gasteiger partial charge in [-0.1, -0.05) is 58.5 Å². The van der Waals surface area contributed by atoms with Gasteiger partial charge in [-0.05, 0) is 72.2 Å².